The van der Waals surface area contributed by atoms with Gasteiger partial charge in [0.1, 0.15) is 11.3 Å². The Morgan fingerprint density at radius 3 is 2.52 bits per heavy atom. The highest BCUT2D eigenvalue weighted by Crippen LogP contribution is 2.29. The van der Waals surface area contributed by atoms with Gasteiger partial charge in [-0.05, 0) is 87.4 Å². The number of oxazole rings is 1. The average molecular weight is 479 g/mol. The monoisotopic (exact) mass is 478 g/mol. The summed E-state index contributed by atoms with van der Waals surface area (Å²) < 4.78 is 12.8. The van der Waals surface area contributed by atoms with E-state index in [1.807, 2.05) is 74.5 Å². The number of aryl methyl sites for hydroxylation is 2. The fourth-order valence-corrected chi connectivity index (χ4v) is 3.43. The Morgan fingerprint density at radius 2 is 1.77 bits per heavy atom. The molecule has 0 spiro atoms. The molecule has 0 radical (unpaired) electrons. The number of hydrogen-bond donors (Lipinski definition) is 1. The molecule has 0 aliphatic carbocycles. The number of carbonyl (C=O) groups excluding carboxylic acids is 1. The van der Waals surface area contributed by atoms with Crippen LogP contribution in [0.1, 0.15) is 25.0 Å². The number of aromatic nitrogens is 1. The third kappa shape index (κ3) is 4.64. The summed E-state index contributed by atoms with van der Waals surface area (Å²) in [5.41, 5.74) is 4.00. The lowest BCUT2D eigenvalue weighted by atomic mass is 10.1. The molecule has 4 aromatic rings. The summed E-state index contributed by atoms with van der Waals surface area (Å²) in [5.74, 6) is 0.890. The van der Waals surface area contributed by atoms with Gasteiger partial charge in [-0.15, -0.1) is 0 Å². The largest absolute Gasteiger partial charge is 0.478 e. The van der Waals surface area contributed by atoms with Crippen molar-refractivity contribution >= 4 is 38.6 Å². The van der Waals surface area contributed by atoms with Gasteiger partial charge in [0.25, 0.3) is 5.91 Å². The molecule has 0 bridgehead atoms. The lowest BCUT2D eigenvalue weighted by Gasteiger charge is -2.26. The predicted octanol–water partition coefficient (Wildman–Crippen LogP) is 6.67. The topological polar surface area (TPSA) is 64.4 Å². The molecule has 0 saturated carbocycles. The number of benzene rings is 3. The van der Waals surface area contributed by atoms with Crippen molar-refractivity contribution in [3.05, 3.63) is 76.3 Å². The fourth-order valence-electron chi connectivity index (χ4n) is 3.16. The molecule has 1 heterocycles. The van der Waals surface area contributed by atoms with E-state index < -0.39 is 5.60 Å². The van der Waals surface area contributed by atoms with Gasteiger partial charge in [-0.1, -0.05) is 28.1 Å². The Kier molecular flexibility index (Phi) is 5.58. The summed E-state index contributed by atoms with van der Waals surface area (Å²) in [7, 11) is 0. The Labute approximate surface area is 189 Å². The van der Waals surface area contributed by atoms with Crippen molar-refractivity contribution in [3.8, 4) is 17.2 Å². The van der Waals surface area contributed by atoms with Crippen LogP contribution in [-0.4, -0.2) is 16.5 Å². The molecular formula is C25H23BrN2O3. The van der Waals surface area contributed by atoms with E-state index >= 15 is 0 Å². The molecule has 1 amide bonds. The summed E-state index contributed by atoms with van der Waals surface area (Å²) in [4.78, 5) is 17.6. The number of fused-ring (bicyclic) bond motifs is 1. The van der Waals surface area contributed by atoms with Crippen LogP contribution in [0.3, 0.4) is 0 Å². The quantitative estimate of drug-likeness (QED) is 0.347. The van der Waals surface area contributed by atoms with E-state index in [2.05, 4.69) is 26.2 Å². The average Bonchev–Trinajstić information content (AvgIpc) is 3.14. The summed E-state index contributed by atoms with van der Waals surface area (Å²) in [5, 5.41) is 2.99. The van der Waals surface area contributed by atoms with Crippen LogP contribution < -0.4 is 10.1 Å². The Bertz CT molecular complexity index is 1260. The molecule has 0 aliphatic heterocycles. The number of halogens is 1. The van der Waals surface area contributed by atoms with Crippen molar-refractivity contribution in [2.45, 2.75) is 33.3 Å². The standard InChI is InChI=1S/C25H23BrN2O3/c1-15-5-12-20-22(13-15)30-23(27-20)17-7-6-16(2)21(14-17)28-24(29)25(3,4)31-19-10-8-18(26)9-11-19/h5-14H,1-4H3,(H,28,29). The van der Waals surface area contributed by atoms with Gasteiger partial charge in [0, 0.05) is 15.7 Å². The highest BCUT2D eigenvalue weighted by molar-refractivity contribution is 9.10. The van der Waals surface area contributed by atoms with Crippen molar-refractivity contribution in [2.24, 2.45) is 0 Å². The van der Waals surface area contributed by atoms with Gasteiger partial charge in [0.15, 0.2) is 11.2 Å². The molecule has 31 heavy (non-hydrogen) atoms. The SMILES string of the molecule is Cc1ccc2nc(-c3ccc(C)c(NC(=O)C(C)(C)Oc4ccc(Br)cc4)c3)oc2c1. The molecule has 6 heteroatoms. The molecule has 4 rings (SSSR count). The van der Waals surface area contributed by atoms with Crippen molar-refractivity contribution in [1.82, 2.24) is 4.98 Å². The maximum atomic E-state index is 13.0. The molecule has 0 aliphatic rings. The predicted molar refractivity (Wildman–Crippen MR) is 126 cm³/mol. The summed E-state index contributed by atoms with van der Waals surface area (Å²) in [6, 6.07) is 19.0. The first-order valence-electron chi connectivity index (χ1n) is 9.95. The maximum absolute atomic E-state index is 13.0. The normalized spacial score (nSPS) is 11.5. The lowest BCUT2D eigenvalue weighted by molar-refractivity contribution is -0.128. The van der Waals surface area contributed by atoms with Gasteiger partial charge in [-0.2, -0.15) is 0 Å². The number of nitrogens with zero attached hydrogens (tertiary/aromatic N) is 1. The third-order valence-electron chi connectivity index (χ3n) is 5.01. The second-order valence-corrected chi connectivity index (χ2v) is 8.96. The zero-order valence-electron chi connectivity index (χ0n) is 17.8. The Hall–Kier alpha value is -3.12. The number of hydrogen-bond acceptors (Lipinski definition) is 4. The summed E-state index contributed by atoms with van der Waals surface area (Å²) >= 11 is 3.40. The number of ether oxygens (including phenoxy) is 1. The Morgan fingerprint density at radius 1 is 1.03 bits per heavy atom. The van der Waals surface area contributed by atoms with E-state index in [4.69, 9.17) is 9.15 Å². The van der Waals surface area contributed by atoms with E-state index in [9.17, 15) is 4.79 Å². The highest BCUT2D eigenvalue weighted by Gasteiger charge is 2.30. The minimum absolute atomic E-state index is 0.246. The Balaban J connectivity index is 1.57. The minimum Gasteiger partial charge on any atom is -0.478 e. The smallest absolute Gasteiger partial charge is 0.267 e. The minimum atomic E-state index is -1.06. The van der Waals surface area contributed by atoms with Crippen LogP contribution in [0.15, 0.2) is 69.6 Å². The molecular weight excluding hydrogens is 456 g/mol. The first-order chi connectivity index (χ1) is 14.7. The highest BCUT2D eigenvalue weighted by atomic mass is 79.9. The zero-order chi connectivity index (χ0) is 22.2. The van der Waals surface area contributed by atoms with Crippen LogP contribution in [0.2, 0.25) is 0 Å². The van der Waals surface area contributed by atoms with E-state index in [0.717, 1.165) is 32.3 Å². The van der Waals surface area contributed by atoms with Gasteiger partial charge < -0.3 is 14.5 Å². The van der Waals surface area contributed by atoms with Crippen LogP contribution in [-0.2, 0) is 4.79 Å². The molecule has 0 atom stereocenters. The van der Waals surface area contributed by atoms with Crippen LogP contribution in [0.25, 0.3) is 22.6 Å². The first-order valence-corrected chi connectivity index (χ1v) is 10.7. The van der Waals surface area contributed by atoms with Crippen LogP contribution in [0.5, 0.6) is 5.75 Å². The summed E-state index contributed by atoms with van der Waals surface area (Å²) in [6.45, 7) is 7.44. The molecule has 0 unspecified atom stereocenters. The van der Waals surface area contributed by atoms with Crippen molar-refractivity contribution < 1.29 is 13.9 Å². The second kappa shape index (κ2) is 8.19. The molecule has 5 nitrogen and oxygen atoms in total. The molecule has 1 aromatic heterocycles. The second-order valence-electron chi connectivity index (χ2n) is 8.04. The molecule has 0 saturated heterocycles. The fraction of sp³-hybridized carbons (Fsp3) is 0.200. The zero-order valence-corrected chi connectivity index (χ0v) is 19.4. The molecule has 1 N–H and O–H groups in total. The number of anilines is 1. The van der Waals surface area contributed by atoms with E-state index in [1.165, 1.54) is 0 Å². The molecule has 0 fully saturated rings. The van der Waals surface area contributed by atoms with Crippen molar-refractivity contribution in [1.29, 1.82) is 0 Å². The van der Waals surface area contributed by atoms with Gasteiger partial charge >= 0.3 is 0 Å². The van der Waals surface area contributed by atoms with Crippen LogP contribution in [0.4, 0.5) is 5.69 Å². The molecule has 158 valence electrons. The van der Waals surface area contributed by atoms with Gasteiger partial charge in [-0.25, -0.2) is 4.98 Å². The first kappa shape index (κ1) is 21.1. The van der Waals surface area contributed by atoms with E-state index in [0.29, 0.717) is 17.3 Å². The van der Waals surface area contributed by atoms with E-state index in [-0.39, 0.29) is 5.91 Å². The summed E-state index contributed by atoms with van der Waals surface area (Å²) in [6.07, 6.45) is 0. The maximum Gasteiger partial charge on any atom is 0.267 e. The number of rotatable bonds is 5. The lowest BCUT2D eigenvalue weighted by Crippen LogP contribution is -2.42. The van der Waals surface area contributed by atoms with Crippen molar-refractivity contribution in [3.63, 3.8) is 0 Å². The van der Waals surface area contributed by atoms with Gasteiger partial charge in [0.2, 0.25) is 5.89 Å². The van der Waals surface area contributed by atoms with Crippen molar-refractivity contribution in [2.75, 3.05) is 5.32 Å². The van der Waals surface area contributed by atoms with Gasteiger partial charge in [0.05, 0.1) is 0 Å². The number of carbonyl (C=O) groups is 1. The van der Waals surface area contributed by atoms with Crippen LogP contribution in [0, 0.1) is 13.8 Å². The van der Waals surface area contributed by atoms with E-state index in [1.54, 1.807) is 13.8 Å². The number of amides is 1. The van der Waals surface area contributed by atoms with Crippen LogP contribution >= 0.6 is 15.9 Å². The third-order valence-corrected chi connectivity index (χ3v) is 5.54. The van der Waals surface area contributed by atoms with Gasteiger partial charge in [-0.3, -0.25) is 4.79 Å². The molecule has 3 aromatic carbocycles. The number of nitrogens with one attached hydrogen (secondary N) is 1.